The molecule has 0 bridgehead atoms. The third-order valence-corrected chi connectivity index (χ3v) is 6.06. The summed E-state index contributed by atoms with van der Waals surface area (Å²) in [6.07, 6.45) is 8.14. The molecule has 0 saturated heterocycles. The van der Waals surface area contributed by atoms with Gasteiger partial charge in [0, 0.05) is 36.9 Å². The van der Waals surface area contributed by atoms with Gasteiger partial charge in [0.1, 0.15) is 17.8 Å². The Bertz CT molecular complexity index is 941. The van der Waals surface area contributed by atoms with Crippen molar-refractivity contribution in [3.63, 3.8) is 0 Å². The molecule has 3 N–H and O–H groups in total. The molecule has 0 unspecified atom stereocenters. The van der Waals surface area contributed by atoms with Gasteiger partial charge in [-0.25, -0.2) is 14.8 Å². The fourth-order valence-corrected chi connectivity index (χ4v) is 4.54. The molecule has 1 aliphatic carbocycles. The van der Waals surface area contributed by atoms with Crippen LogP contribution in [-0.4, -0.2) is 55.7 Å². The van der Waals surface area contributed by atoms with E-state index in [4.69, 9.17) is 0 Å². The first-order chi connectivity index (χ1) is 13.1. The number of amides is 2. The normalized spacial score (nSPS) is 19.3. The molecular formula is C16H20N8OS2. The number of hydrogen-bond donors (Lipinski definition) is 3. The SMILES string of the molecule is CSc1nsc(NC(=O)N[C@H]2CC[C@H](N(C)c3ncnc4[nH]ccc34)C2)n1. The second-order valence-electron chi connectivity index (χ2n) is 6.40. The largest absolute Gasteiger partial charge is 0.356 e. The maximum atomic E-state index is 12.2. The van der Waals surface area contributed by atoms with Crippen molar-refractivity contribution in [1.82, 2.24) is 29.6 Å². The van der Waals surface area contributed by atoms with E-state index in [-0.39, 0.29) is 12.1 Å². The fourth-order valence-electron chi connectivity index (χ4n) is 3.42. The Balaban J connectivity index is 1.35. The number of carbonyl (C=O) groups excluding carboxylic acids is 1. The second kappa shape index (κ2) is 7.69. The molecule has 0 radical (unpaired) electrons. The minimum absolute atomic E-state index is 0.119. The molecule has 1 saturated carbocycles. The number of aromatic amines is 1. The standard InChI is InChI=1S/C16H20N8OS2/c1-24(13-11-5-6-17-12(11)18-8-19-13)10-4-3-9(7-10)20-14(25)21-15-22-16(26-2)23-27-15/h5-6,8-10H,3-4,7H2,1-2H3,(H,17,18,19)(H2,20,21,22,23,25)/t9-,10-/m0/s1. The minimum Gasteiger partial charge on any atom is -0.356 e. The van der Waals surface area contributed by atoms with Crippen molar-refractivity contribution >= 4 is 51.3 Å². The molecule has 142 valence electrons. The van der Waals surface area contributed by atoms with Gasteiger partial charge in [0.2, 0.25) is 10.3 Å². The summed E-state index contributed by atoms with van der Waals surface area (Å²) >= 11 is 2.64. The Morgan fingerprint density at radius 1 is 1.41 bits per heavy atom. The average Bonchev–Trinajstić information content (AvgIpc) is 3.41. The van der Waals surface area contributed by atoms with Crippen molar-refractivity contribution in [3.05, 3.63) is 18.6 Å². The van der Waals surface area contributed by atoms with Gasteiger partial charge in [0.25, 0.3) is 0 Å². The third-order valence-electron chi connectivity index (χ3n) is 4.77. The van der Waals surface area contributed by atoms with Gasteiger partial charge in [-0.15, -0.1) is 0 Å². The first-order valence-corrected chi connectivity index (χ1v) is 10.6. The number of thioether (sulfide) groups is 1. The highest BCUT2D eigenvalue weighted by Gasteiger charge is 2.30. The first kappa shape index (κ1) is 18.0. The number of urea groups is 1. The highest BCUT2D eigenvalue weighted by atomic mass is 32.2. The molecule has 9 nitrogen and oxygen atoms in total. The van der Waals surface area contributed by atoms with E-state index in [1.807, 2.05) is 25.6 Å². The van der Waals surface area contributed by atoms with Gasteiger partial charge < -0.3 is 15.2 Å². The Kier molecular flexibility index (Phi) is 5.12. The predicted octanol–water partition coefficient (Wildman–Crippen LogP) is 2.71. The number of anilines is 2. The molecule has 3 aromatic rings. The third kappa shape index (κ3) is 3.83. The van der Waals surface area contributed by atoms with E-state index < -0.39 is 0 Å². The lowest BCUT2D eigenvalue weighted by Gasteiger charge is -2.26. The number of fused-ring (bicyclic) bond motifs is 1. The molecule has 1 aliphatic rings. The van der Waals surface area contributed by atoms with Crippen LogP contribution in [0.15, 0.2) is 23.7 Å². The molecule has 4 rings (SSSR count). The van der Waals surface area contributed by atoms with Gasteiger partial charge >= 0.3 is 6.03 Å². The molecule has 2 amide bonds. The first-order valence-electron chi connectivity index (χ1n) is 8.60. The quantitative estimate of drug-likeness (QED) is 0.561. The zero-order valence-corrected chi connectivity index (χ0v) is 16.6. The number of rotatable bonds is 5. The molecule has 3 heterocycles. The Morgan fingerprint density at radius 3 is 3.11 bits per heavy atom. The van der Waals surface area contributed by atoms with Crippen LogP contribution >= 0.6 is 23.3 Å². The lowest BCUT2D eigenvalue weighted by molar-refractivity contribution is 0.248. The van der Waals surface area contributed by atoms with E-state index >= 15 is 0 Å². The summed E-state index contributed by atoms with van der Waals surface area (Å²) in [6, 6.07) is 2.19. The van der Waals surface area contributed by atoms with Crippen LogP contribution in [0.3, 0.4) is 0 Å². The van der Waals surface area contributed by atoms with Crippen LogP contribution in [0.4, 0.5) is 15.7 Å². The lowest BCUT2D eigenvalue weighted by atomic mass is 10.2. The van der Waals surface area contributed by atoms with Gasteiger partial charge in [-0.1, -0.05) is 11.8 Å². The van der Waals surface area contributed by atoms with E-state index in [0.29, 0.717) is 16.3 Å². The summed E-state index contributed by atoms with van der Waals surface area (Å²) in [5.41, 5.74) is 0.834. The van der Waals surface area contributed by atoms with Gasteiger partial charge in [-0.2, -0.15) is 9.36 Å². The van der Waals surface area contributed by atoms with E-state index in [9.17, 15) is 4.79 Å². The average molecular weight is 405 g/mol. The molecular weight excluding hydrogens is 384 g/mol. The van der Waals surface area contributed by atoms with E-state index in [2.05, 4.69) is 39.8 Å². The van der Waals surface area contributed by atoms with Crippen molar-refractivity contribution in [2.75, 3.05) is 23.5 Å². The second-order valence-corrected chi connectivity index (χ2v) is 7.92. The summed E-state index contributed by atoms with van der Waals surface area (Å²) in [5.74, 6) is 0.912. The zero-order chi connectivity index (χ0) is 18.8. The van der Waals surface area contributed by atoms with Crippen LogP contribution in [0, 0.1) is 0 Å². The van der Waals surface area contributed by atoms with Crippen LogP contribution < -0.4 is 15.5 Å². The molecule has 0 aliphatic heterocycles. The predicted molar refractivity (Wildman–Crippen MR) is 108 cm³/mol. The topological polar surface area (TPSA) is 112 Å². The lowest BCUT2D eigenvalue weighted by Crippen LogP contribution is -2.38. The molecule has 27 heavy (non-hydrogen) atoms. The smallest absolute Gasteiger partial charge is 0.321 e. The van der Waals surface area contributed by atoms with E-state index in [1.165, 1.54) is 23.3 Å². The van der Waals surface area contributed by atoms with Crippen molar-refractivity contribution < 1.29 is 4.79 Å². The molecule has 1 fully saturated rings. The minimum atomic E-state index is -0.234. The van der Waals surface area contributed by atoms with Crippen LogP contribution in [0.5, 0.6) is 0 Å². The van der Waals surface area contributed by atoms with Crippen molar-refractivity contribution in [3.8, 4) is 0 Å². The molecule has 3 aromatic heterocycles. The van der Waals surface area contributed by atoms with Gasteiger partial charge in [0.15, 0.2) is 0 Å². The van der Waals surface area contributed by atoms with Crippen molar-refractivity contribution in [2.45, 2.75) is 36.5 Å². The molecule has 11 heteroatoms. The zero-order valence-electron chi connectivity index (χ0n) is 15.0. The monoisotopic (exact) mass is 404 g/mol. The summed E-state index contributed by atoms with van der Waals surface area (Å²) in [5, 5.41) is 7.99. The Morgan fingerprint density at radius 2 is 2.30 bits per heavy atom. The van der Waals surface area contributed by atoms with Crippen LogP contribution in [0.25, 0.3) is 11.0 Å². The number of nitrogens with zero attached hydrogens (tertiary/aromatic N) is 5. The van der Waals surface area contributed by atoms with Crippen LogP contribution in [-0.2, 0) is 0 Å². The van der Waals surface area contributed by atoms with Crippen LogP contribution in [0.2, 0.25) is 0 Å². The summed E-state index contributed by atoms with van der Waals surface area (Å²) in [4.78, 5) is 30.4. The number of nitrogens with one attached hydrogen (secondary N) is 3. The van der Waals surface area contributed by atoms with Crippen molar-refractivity contribution in [2.24, 2.45) is 0 Å². The van der Waals surface area contributed by atoms with Gasteiger partial charge in [-0.05, 0) is 31.6 Å². The number of hydrogen-bond acceptors (Lipinski definition) is 8. The van der Waals surface area contributed by atoms with E-state index in [1.54, 1.807) is 6.33 Å². The summed E-state index contributed by atoms with van der Waals surface area (Å²) in [6.45, 7) is 0. The Labute approximate surface area is 164 Å². The number of carbonyl (C=O) groups is 1. The highest BCUT2D eigenvalue weighted by Crippen LogP contribution is 2.30. The van der Waals surface area contributed by atoms with Crippen molar-refractivity contribution in [1.29, 1.82) is 0 Å². The van der Waals surface area contributed by atoms with Gasteiger partial charge in [-0.3, -0.25) is 5.32 Å². The summed E-state index contributed by atoms with van der Waals surface area (Å²) in [7, 11) is 2.05. The van der Waals surface area contributed by atoms with Crippen LogP contribution in [0.1, 0.15) is 19.3 Å². The highest BCUT2D eigenvalue weighted by molar-refractivity contribution is 7.98. The van der Waals surface area contributed by atoms with E-state index in [0.717, 1.165) is 36.1 Å². The molecule has 0 spiro atoms. The number of H-pyrrole nitrogens is 1. The van der Waals surface area contributed by atoms with Gasteiger partial charge in [0.05, 0.1) is 5.39 Å². The number of aromatic nitrogens is 5. The molecule has 0 aromatic carbocycles. The Hall–Kier alpha value is -2.40. The maximum absolute atomic E-state index is 12.2. The maximum Gasteiger partial charge on any atom is 0.321 e. The summed E-state index contributed by atoms with van der Waals surface area (Å²) < 4.78 is 4.14. The molecule has 2 atom stereocenters. The fraction of sp³-hybridized carbons (Fsp3) is 0.438.